The molecule has 1 N–H and O–H groups in total. The van der Waals surface area contributed by atoms with Crippen molar-refractivity contribution in [3.63, 3.8) is 0 Å². The summed E-state index contributed by atoms with van der Waals surface area (Å²) < 4.78 is 1.78. The fourth-order valence-electron chi connectivity index (χ4n) is 4.44. The van der Waals surface area contributed by atoms with Gasteiger partial charge in [-0.05, 0) is 70.8 Å². The number of hydrogen-bond donors (Lipinski definition) is 1. The first-order valence-electron chi connectivity index (χ1n) is 11.1. The van der Waals surface area contributed by atoms with Crippen molar-refractivity contribution in [3.8, 4) is 0 Å². The van der Waals surface area contributed by atoms with Gasteiger partial charge in [-0.2, -0.15) is 4.52 Å². The molecule has 0 aliphatic carbocycles. The van der Waals surface area contributed by atoms with Gasteiger partial charge >= 0.3 is 0 Å². The number of carbonyl (C=O) groups excluding carboxylic acids is 1. The summed E-state index contributed by atoms with van der Waals surface area (Å²) in [5.41, 5.74) is 0.765. The number of amides is 1. The fourth-order valence-corrected chi connectivity index (χ4v) is 4.44. The lowest BCUT2D eigenvalue weighted by atomic mass is 9.96. The molecule has 0 unspecified atom stereocenters. The maximum Gasteiger partial charge on any atom is 0.223 e. The van der Waals surface area contributed by atoms with E-state index in [1.165, 1.54) is 38.8 Å². The number of anilines is 1. The third kappa shape index (κ3) is 5.04. The Morgan fingerprint density at radius 3 is 2.59 bits per heavy atom. The number of fused-ring (bicyclic) bond motifs is 1. The fraction of sp³-hybridized carbons (Fsp3) is 0.714. The normalized spacial score (nSPS) is 19.4. The third-order valence-corrected chi connectivity index (χ3v) is 6.24. The Morgan fingerprint density at radius 1 is 1.07 bits per heavy atom. The van der Waals surface area contributed by atoms with Crippen molar-refractivity contribution in [2.24, 2.45) is 5.92 Å². The summed E-state index contributed by atoms with van der Waals surface area (Å²) in [5.74, 6) is 2.05. The average molecular weight is 400 g/mol. The standard InChI is InChI=1S/C21H33N7O/c1-17-23-24-19-7-8-20(25-28(17)19)27-15-9-18(10-16-27)21(29)22-11-6-14-26-12-4-2-3-5-13-26/h7-8,18H,2-6,9-16H2,1H3,(H,22,29). The molecule has 2 aliphatic rings. The first-order chi connectivity index (χ1) is 14.2. The summed E-state index contributed by atoms with van der Waals surface area (Å²) in [6.07, 6.45) is 8.18. The van der Waals surface area contributed by atoms with E-state index in [0.29, 0.717) is 0 Å². The first-order valence-corrected chi connectivity index (χ1v) is 11.1. The van der Waals surface area contributed by atoms with Crippen LogP contribution in [0.1, 0.15) is 50.8 Å². The van der Waals surface area contributed by atoms with Gasteiger partial charge in [-0.1, -0.05) is 12.8 Å². The Labute approximate surface area is 172 Å². The van der Waals surface area contributed by atoms with Crippen LogP contribution in [0.5, 0.6) is 0 Å². The van der Waals surface area contributed by atoms with Gasteiger partial charge in [-0.25, -0.2) is 0 Å². The van der Waals surface area contributed by atoms with E-state index in [0.717, 1.165) is 62.7 Å². The molecule has 8 nitrogen and oxygen atoms in total. The van der Waals surface area contributed by atoms with Crippen LogP contribution in [0.4, 0.5) is 5.82 Å². The van der Waals surface area contributed by atoms with Gasteiger partial charge in [0.1, 0.15) is 5.82 Å². The second kappa shape index (κ2) is 9.52. The SMILES string of the molecule is Cc1nnc2ccc(N3CCC(C(=O)NCCCN4CCCCCC4)CC3)nn12. The van der Waals surface area contributed by atoms with Gasteiger partial charge in [0.2, 0.25) is 5.91 Å². The smallest absolute Gasteiger partial charge is 0.223 e. The Kier molecular flexibility index (Phi) is 6.59. The van der Waals surface area contributed by atoms with Crippen molar-refractivity contribution in [1.29, 1.82) is 0 Å². The van der Waals surface area contributed by atoms with E-state index in [-0.39, 0.29) is 11.8 Å². The monoisotopic (exact) mass is 399 g/mol. The molecule has 4 heterocycles. The maximum absolute atomic E-state index is 12.6. The van der Waals surface area contributed by atoms with Crippen LogP contribution < -0.4 is 10.2 Å². The maximum atomic E-state index is 12.6. The molecule has 0 atom stereocenters. The van der Waals surface area contributed by atoms with Crippen LogP contribution in [0.25, 0.3) is 5.65 Å². The predicted octanol–water partition coefficient (Wildman–Crippen LogP) is 2.03. The van der Waals surface area contributed by atoms with Gasteiger partial charge in [0.15, 0.2) is 11.5 Å². The van der Waals surface area contributed by atoms with E-state index in [1.807, 2.05) is 19.1 Å². The number of nitrogens with one attached hydrogen (secondary N) is 1. The zero-order valence-corrected chi connectivity index (χ0v) is 17.5. The lowest BCUT2D eigenvalue weighted by molar-refractivity contribution is -0.125. The van der Waals surface area contributed by atoms with Gasteiger partial charge in [-0.15, -0.1) is 15.3 Å². The van der Waals surface area contributed by atoms with Gasteiger partial charge in [0.25, 0.3) is 0 Å². The topological polar surface area (TPSA) is 78.7 Å². The number of carbonyl (C=O) groups is 1. The number of rotatable bonds is 6. The molecule has 158 valence electrons. The number of hydrogen-bond acceptors (Lipinski definition) is 6. The lowest BCUT2D eigenvalue weighted by Crippen LogP contribution is -2.41. The quantitative estimate of drug-likeness (QED) is 0.749. The molecule has 1 amide bonds. The summed E-state index contributed by atoms with van der Waals surface area (Å²) in [6, 6.07) is 3.94. The van der Waals surface area contributed by atoms with Crippen LogP contribution in [0.2, 0.25) is 0 Å². The van der Waals surface area contributed by atoms with Crippen LogP contribution in [0, 0.1) is 12.8 Å². The van der Waals surface area contributed by atoms with Crippen LogP contribution in [0.3, 0.4) is 0 Å². The highest BCUT2D eigenvalue weighted by Crippen LogP contribution is 2.22. The molecule has 2 fully saturated rings. The van der Waals surface area contributed by atoms with E-state index < -0.39 is 0 Å². The second-order valence-corrected chi connectivity index (χ2v) is 8.37. The molecule has 0 radical (unpaired) electrons. The van der Waals surface area contributed by atoms with Crippen LogP contribution in [0.15, 0.2) is 12.1 Å². The van der Waals surface area contributed by atoms with Gasteiger partial charge in [0.05, 0.1) is 0 Å². The predicted molar refractivity (Wildman–Crippen MR) is 113 cm³/mol. The number of piperidine rings is 1. The van der Waals surface area contributed by atoms with Gasteiger partial charge < -0.3 is 15.1 Å². The molecule has 0 spiro atoms. The minimum Gasteiger partial charge on any atom is -0.356 e. The average Bonchev–Trinajstić information content (AvgIpc) is 2.95. The Balaban J connectivity index is 1.19. The van der Waals surface area contributed by atoms with Crippen molar-refractivity contribution in [1.82, 2.24) is 30.0 Å². The molecule has 2 aromatic heterocycles. The highest BCUT2D eigenvalue weighted by Gasteiger charge is 2.25. The second-order valence-electron chi connectivity index (χ2n) is 8.37. The van der Waals surface area contributed by atoms with Crippen LogP contribution in [-0.2, 0) is 4.79 Å². The summed E-state index contributed by atoms with van der Waals surface area (Å²) in [6.45, 7) is 7.95. The van der Waals surface area contributed by atoms with Crippen molar-refractivity contribution in [2.45, 2.75) is 51.9 Å². The Morgan fingerprint density at radius 2 is 1.83 bits per heavy atom. The summed E-state index contributed by atoms with van der Waals surface area (Å²) in [7, 11) is 0. The van der Waals surface area contributed by atoms with Gasteiger partial charge in [0, 0.05) is 25.6 Å². The van der Waals surface area contributed by atoms with Crippen LogP contribution in [-0.4, -0.2) is 69.9 Å². The number of aryl methyl sites for hydroxylation is 1. The van der Waals surface area contributed by atoms with Crippen molar-refractivity contribution in [3.05, 3.63) is 18.0 Å². The first kappa shape index (κ1) is 20.1. The summed E-state index contributed by atoms with van der Waals surface area (Å²) >= 11 is 0. The molecule has 29 heavy (non-hydrogen) atoms. The molecule has 2 aromatic rings. The van der Waals surface area contributed by atoms with Crippen molar-refractivity contribution in [2.75, 3.05) is 44.2 Å². The van der Waals surface area contributed by atoms with E-state index in [2.05, 4.69) is 30.4 Å². The molecule has 4 rings (SSSR count). The van der Waals surface area contributed by atoms with Crippen molar-refractivity contribution < 1.29 is 4.79 Å². The largest absolute Gasteiger partial charge is 0.356 e. The van der Waals surface area contributed by atoms with E-state index in [1.54, 1.807) is 4.52 Å². The third-order valence-electron chi connectivity index (χ3n) is 6.24. The molecular formula is C21H33N7O. The Hall–Kier alpha value is -2.22. The number of nitrogens with zero attached hydrogens (tertiary/aromatic N) is 6. The zero-order chi connectivity index (χ0) is 20.1. The van der Waals surface area contributed by atoms with E-state index in [9.17, 15) is 4.79 Å². The van der Waals surface area contributed by atoms with E-state index >= 15 is 0 Å². The van der Waals surface area contributed by atoms with Crippen LogP contribution >= 0.6 is 0 Å². The highest BCUT2D eigenvalue weighted by molar-refractivity contribution is 5.78. The van der Waals surface area contributed by atoms with Gasteiger partial charge in [-0.3, -0.25) is 4.79 Å². The number of aromatic nitrogens is 4. The molecule has 2 aliphatic heterocycles. The minimum atomic E-state index is 0.116. The lowest BCUT2D eigenvalue weighted by Gasteiger charge is -2.32. The summed E-state index contributed by atoms with van der Waals surface area (Å²) in [4.78, 5) is 17.4. The number of likely N-dealkylation sites (tertiary alicyclic amines) is 1. The molecule has 0 bridgehead atoms. The zero-order valence-electron chi connectivity index (χ0n) is 17.5. The minimum absolute atomic E-state index is 0.116. The van der Waals surface area contributed by atoms with Crippen molar-refractivity contribution >= 4 is 17.4 Å². The molecule has 8 heteroatoms. The van der Waals surface area contributed by atoms with E-state index in [4.69, 9.17) is 0 Å². The highest BCUT2D eigenvalue weighted by atomic mass is 16.1. The molecule has 0 aromatic carbocycles. The molecular weight excluding hydrogens is 366 g/mol. The molecule has 2 saturated heterocycles. The Bertz CT molecular complexity index is 804. The molecule has 0 saturated carbocycles. The summed E-state index contributed by atoms with van der Waals surface area (Å²) in [5, 5.41) is 16.0.